The lowest BCUT2D eigenvalue weighted by atomic mass is 10.1. The van der Waals surface area contributed by atoms with E-state index in [-0.39, 0.29) is 12.1 Å². The van der Waals surface area contributed by atoms with Gasteiger partial charge in [-0.15, -0.1) is 0 Å². The Labute approximate surface area is 151 Å². The highest BCUT2D eigenvalue weighted by Gasteiger charge is 2.37. The molecule has 4 rings (SSSR count). The van der Waals surface area contributed by atoms with Gasteiger partial charge in [0.25, 0.3) is 0 Å². The third-order valence-electron chi connectivity index (χ3n) is 6.43. The van der Waals surface area contributed by atoms with Crippen LogP contribution in [0.1, 0.15) is 32.6 Å². The summed E-state index contributed by atoms with van der Waals surface area (Å²) in [6.07, 6.45) is 4.65. The molecule has 3 fully saturated rings. The highest BCUT2D eigenvalue weighted by Crippen LogP contribution is 2.29. The van der Waals surface area contributed by atoms with E-state index in [0.29, 0.717) is 18.1 Å². The number of likely N-dealkylation sites (tertiary alicyclic amines) is 1. The Balaban J connectivity index is 1.35. The van der Waals surface area contributed by atoms with Crippen molar-refractivity contribution in [2.24, 2.45) is 0 Å². The summed E-state index contributed by atoms with van der Waals surface area (Å²) in [6, 6.07) is 12.6. The van der Waals surface area contributed by atoms with E-state index in [1.807, 2.05) is 6.07 Å². The molecule has 3 heterocycles. The van der Waals surface area contributed by atoms with Gasteiger partial charge in [0.15, 0.2) is 0 Å². The van der Waals surface area contributed by atoms with Crippen molar-refractivity contribution >= 4 is 11.7 Å². The lowest BCUT2D eigenvalue weighted by Gasteiger charge is -2.27. The molecular weight excluding hydrogens is 312 g/mol. The Morgan fingerprint density at radius 2 is 1.84 bits per heavy atom. The largest absolute Gasteiger partial charge is 0.367 e. The highest BCUT2D eigenvalue weighted by molar-refractivity contribution is 5.75. The van der Waals surface area contributed by atoms with Gasteiger partial charge in [-0.2, -0.15) is 0 Å². The topological polar surface area (TPSA) is 38.8 Å². The zero-order chi connectivity index (χ0) is 17.4. The first kappa shape index (κ1) is 16.7. The number of carbonyl (C=O) groups excluding carboxylic acids is 1. The van der Waals surface area contributed by atoms with Crippen molar-refractivity contribution in [1.29, 1.82) is 0 Å². The van der Waals surface area contributed by atoms with Crippen LogP contribution in [0.3, 0.4) is 0 Å². The molecule has 25 heavy (non-hydrogen) atoms. The highest BCUT2D eigenvalue weighted by atomic mass is 16.2. The van der Waals surface area contributed by atoms with Gasteiger partial charge in [0.1, 0.15) is 0 Å². The molecule has 3 aliphatic rings. The van der Waals surface area contributed by atoms with Gasteiger partial charge in [-0.25, -0.2) is 4.79 Å². The molecule has 0 aromatic heterocycles. The quantitative estimate of drug-likeness (QED) is 0.898. The summed E-state index contributed by atoms with van der Waals surface area (Å²) in [4.78, 5) is 19.8. The lowest BCUT2D eigenvalue weighted by molar-refractivity contribution is 0.185. The Bertz CT molecular complexity index is 607. The fourth-order valence-electron chi connectivity index (χ4n) is 4.87. The molecule has 5 nitrogen and oxygen atoms in total. The molecule has 3 saturated heterocycles. The second kappa shape index (κ2) is 6.87. The van der Waals surface area contributed by atoms with Crippen LogP contribution in [0.2, 0.25) is 0 Å². The summed E-state index contributed by atoms with van der Waals surface area (Å²) in [7, 11) is 2.22. The summed E-state index contributed by atoms with van der Waals surface area (Å²) in [6.45, 7) is 4.92. The van der Waals surface area contributed by atoms with E-state index in [0.717, 1.165) is 32.5 Å². The number of likely N-dealkylation sites (N-methyl/N-ethyl adjacent to an activating group) is 1. The molecule has 0 saturated carbocycles. The predicted molar refractivity (Wildman–Crippen MR) is 101 cm³/mol. The van der Waals surface area contributed by atoms with Crippen molar-refractivity contribution in [3.8, 4) is 0 Å². The number of urea groups is 1. The van der Waals surface area contributed by atoms with Crippen LogP contribution in [0.5, 0.6) is 0 Å². The number of fused-ring (bicyclic) bond motifs is 2. The number of rotatable bonds is 2. The number of benzene rings is 1. The van der Waals surface area contributed by atoms with Crippen molar-refractivity contribution in [3.63, 3.8) is 0 Å². The van der Waals surface area contributed by atoms with Gasteiger partial charge < -0.3 is 15.1 Å². The standard InChI is InChI=1S/C20H30N4O/c1-15-12-16(13-24(15)18-6-4-3-5-7-18)21-20(25)23-11-10-17-8-9-19(14-23)22(17)2/h3-7,15-17,19H,8-14H2,1-2H3,(H,21,25). The SMILES string of the molecule is CC1CC(NC(=O)N2CCC3CCC(C2)N3C)CN1c1ccccc1. The summed E-state index contributed by atoms with van der Waals surface area (Å²) in [5.74, 6) is 0. The molecule has 0 radical (unpaired) electrons. The van der Waals surface area contributed by atoms with E-state index < -0.39 is 0 Å². The minimum atomic E-state index is 0.132. The van der Waals surface area contributed by atoms with E-state index in [2.05, 4.69) is 58.3 Å². The molecule has 4 atom stereocenters. The molecule has 2 amide bonds. The van der Waals surface area contributed by atoms with E-state index in [1.165, 1.54) is 18.5 Å². The van der Waals surface area contributed by atoms with E-state index in [1.54, 1.807) is 0 Å². The zero-order valence-electron chi connectivity index (χ0n) is 15.4. The number of carbonyl (C=O) groups is 1. The van der Waals surface area contributed by atoms with Gasteiger partial charge in [-0.05, 0) is 51.8 Å². The lowest BCUT2D eigenvalue weighted by Crippen LogP contribution is -2.48. The van der Waals surface area contributed by atoms with Crippen molar-refractivity contribution in [1.82, 2.24) is 15.1 Å². The third-order valence-corrected chi connectivity index (χ3v) is 6.43. The van der Waals surface area contributed by atoms with Crippen molar-refractivity contribution in [3.05, 3.63) is 30.3 Å². The molecular formula is C20H30N4O. The van der Waals surface area contributed by atoms with Crippen LogP contribution in [-0.2, 0) is 0 Å². The first-order chi connectivity index (χ1) is 12.1. The average Bonchev–Trinajstić information content (AvgIpc) is 3.07. The number of amides is 2. The first-order valence-electron chi connectivity index (χ1n) is 9.71. The molecule has 0 aliphatic carbocycles. The molecule has 2 bridgehead atoms. The van der Waals surface area contributed by atoms with E-state index in [4.69, 9.17) is 0 Å². The maximum atomic E-state index is 12.8. The molecule has 136 valence electrons. The molecule has 1 N–H and O–H groups in total. The maximum absolute atomic E-state index is 12.8. The average molecular weight is 342 g/mol. The number of nitrogens with one attached hydrogen (secondary N) is 1. The van der Waals surface area contributed by atoms with Gasteiger partial charge in [-0.1, -0.05) is 18.2 Å². The van der Waals surface area contributed by atoms with Crippen molar-refractivity contribution < 1.29 is 4.79 Å². The summed E-state index contributed by atoms with van der Waals surface area (Å²) < 4.78 is 0. The maximum Gasteiger partial charge on any atom is 0.317 e. The Morgan fingerprint density at radius 3 is 2.64 bits per heavy atom. The Morgan fingerprint density at radius 1 is 1.08 bits per heavy atom. The van der Waals surface area contributed by atoms with Crippen LogP contribution >= 0.6 is 0 Å². The van der Waals surface area contributed by atoms with Crippen LogP contribution in [0.25, 0.3) is 0 Å². The van der Waals surface area contributed by atoms with Gasteiger partial charge in [-0.3, -0.25) is 4.90 Å². The second-order valence-corrected chi connectivity index (χ2v) is 8.00. The normalized spacial score (nSPS) is 32.7. The van der Waals surface area contributed by atoms with Crippen molar-refractivity contribution in [2.45, 2.75) is 56.8 Å². The van der Waals surface area contributed by atoms with Crippen LogP contribution in [0.4, 0.5) is 10.5 Å². The molecule has 1 aromatic rings. The fourth-order valence-corrected chi connectivity index (χ4v) is 4.87. The summed E-state index contributed by atoms with van der Waals surface area (Å²) in [5.41, 5.74) is 1.25. The van der Waals surface area contributed by atoms with Crippen molar-refractivity contribution in [2.75, 3.05) is 31.6 Å². The molecule has 1 aromatic carbocycles. The second-order valence-electron chi connectivity index (χ2n) is 8.00. The number of nitrogens with zero attached hydrogens (tertiary/aromatic N) is 3. The zero-order valence-corrected chi connectivity index (χ0v) is 15.4. The number of para-hydroxylation sites is 1. The Kier molecular flexibility index (Phi) is 4.59. The summed E-state index contributed by atoms with van der Waals surface area (Å²) >= 11 is 0. The smallest absolute Gasteiger partial charge is 0.317 e. The fraction of sp³-hybridized carbons (Fsp3) is 0.650. The number of hydrogen-bond acceptors (Lipinski definition) is 3. The van der Waals surface area contributed by atoms with Crippen LogP contribution in [-0.4, -0.2) is 66.7 Å². The predicted octanol–water partition coefficient (Wildman–Crippen LogP) is 2.53. The molecule has 3 aliphatic heterocycles. The molecule has 5 heteroatoms. The van der Waals surface area contributed by atoms with Crippen LogP contribution in [0.15, 0.2) is 30.3 Å². The molecule has 0 spiro atoms. The van der Waals surface area contributed by atoms with Crippen LogP contribution in [0, 0.1) is 0 Å². The monoisotopic (exact) mass is 342 g/mol. The minimum Gasteiger partial charge on any atom is -0.367 e. The van der Waals surface area contributed by atoms with Crippen LogP contribution < -0.4 is 10.2 Å². The van der Waals surface area contributed by atoms with Gasteiger partial charge in [0, 0.05) is 43.4 Å². The van der Waals surface area contributed by atoms with Gasteiger partial charge >= 0.3 is 6.03 Å². The first-order valence-corrected chi connectivity index (χ1v) is 9.71. The van der Waals surface area contributed by atoms with Gasteiger partial charge in [0.2, 0.25) is 0 Å². The minimum absolute atomic E-state index is 0.132. The third kappa shape index (κ3) is 3.34. The summed E-state index contributed by atoms with van der Waals surface area (Å²) in [5, 5.41) is 3.31. The molecule has 4 unspecified atom stereocenters. The Hall–Kier alpha value is -1.75. The number of hydrogen-bond donors (Lipinski definition) is 1. The van der Waals surface area contributed by atoms with E-state index in [9.17, 15) is 4.79 Å². The number of anilines is 1. The van der Waals surface area contributed by atoms with Gasteiger partial charge in [0.05, 0.1) is 6.04 Å². The van der Waals surface area contributed by atoms with E-state index >= 15 is 0 Å².